The zero-order valence-corrected chi connectivity index (χ0v) is 13.8. The van der Waals surface area contributed by atoms with Crippen molar-refractivity contribution in [3.05, 3.63) is 62.7 Å². The predicted molar refractivity (Wildman–Crippen MR) is 93.1 cm³/mol. The maximum atomic E-state index is 12.3. The van der Waals surface area contributed by atoms with Gasteiger partial charge in [-0.2, -0.15) is 5.26 Å². The summed E-state index contributed by atoms with van der Waals surface area (Å²) in [6.45, 7) is 3.63. The number of nitriles is 1. The Bertz CT molecular complexity index is 1020. The summed E-state index contributed by atoms with van der Waals surface area (Å²) in [5, 5.41) is 13.4. The molecule has 0 aromatic carbocycles. The Balaban J connectivity index is 1.95. The normalized spacial score (nSPS) is 11.9. The monoisotopic (exact) mass is 339 g/mol. The molecule has 3 aromatic rings. The topological polar surface area (TPSA) is 94.5 Å². The van der Waals surface area contributed by atoms with Gasteiger partial charge in [-0.25, -0.2) is 9.97 Å². The molecule has 1 atom stereocenters. The number of halogens is 1. The average molecular weight is 340 g/mol. The van der Waals surface area contributed by atoms with Gasteiger partial charge in [0.2, 0.25) is 0 Å². The van der Waals surface area contributed by atoms with Crippen LogP contribution >= 0.6 is 11.6 Å². The van der Waals surface area contributed by atoms with Crippen LogP contribution in [-0.2, 0) is 0 Å². The molecular weight excluding hydrogens is 326 g/mol. The van der Waals surface area contributed by atoms with E-state index in [4.69, 9.17) is 16.9 Å². The minimum atomic E-state index is -0.281. The smallest absolute Gasteiger partial charge is 0.254 e. The number of rotatable bonds is 3. The van der Waals surface area contributed by atoms with E-state index in [-0.39, 0.29) is 11.6 Å². The number of fused-ring (bicyclic) bond motifs is 1. The van der Waals surface area contributed by atoms with Crippen LogP contribution in [0.3, 0.4) is 0 Å². The third kappa shape index (κ3) is 3.07. The van der Waals surface area contributed by atoms with Gasteiger partial charge >= 0.3 is 0 Å². The van der Waals surface area contributed by atoms with Gasteiger partial charge < -0.3 is 10.3 Å². The van der Waals surface area contributed by atoms with Crippen molar-refractivity contribution in [2.24, 2.45) is 0 Å². The Kier molecular flexibility index (Phi) is 4.19. The lowest BCUT2D eigenvalue weighted by molar-refractivity contribution is 0.854. The fourth-order valence-electron chi connectivity index (χ4n) is 2.46. The quantitative estimate of drug-likeness (QED) is 0.763. The van der Waals surface area contributed by atoms with Gasteiger partial charge in [0.25, 0.3) is 5.56 Å². The van der Waals surface area contributed by atoms with Crippen LogP contribution in [0.2, 0.25) is 5.02 Å². The van der Waals surface area contributed by atoms with E-state index < -0.39 is 0 Å². The second-order valence-electron chi connectivity index (χ2n) is 5.45. The first kappa shape index (κ1) is 16.0. The number of nitrogens with zero attached hydrogens (tertiary/aromatic N) is 3. The van der Waals surface area contributed by atoms with E-state index in [2.05, 4.69) is 26.3 Å². The van der Waals surface area contributed by atoms with Crippen molar-refractivity contribution < 1.29 is 0 Å². The molecule has 0 saturated carbocycles. The van der Waals surface area contributed by atoms with Crippen molar-refractivity contribution in [3.8, 4) is 6.07 Å². The number of pyridine rings is 3. The van der Waals surface area contributed by atoms with Gasteiger partial charge in [0, 0.05) is 17.1 Å². The molecular formula is C17H14ClN5O. The highest BCUT2D eigenvalue weighted by Crippen LogP contribution is 2.20. The Hall–Kier alpha value is -2.91. The Morgan fingerprint density at radius 3 is 2.88 bits per heavy atom. The van der Waals surface area contributed by atoms with Crippen molar-refractivity contribution >= 4 is 28.5 Å². The van der Waals surface area contributed by atoms with Crippen molar-refractivity contribution in [1.29, 1.82) is 5.26 Å². The minimum absolute atomic E-state index is 0.220. The number of aromatic nitrogens is 3. The number of hydrogen-bond donors (Lipinski definition) is 2. The first-order chi connectivity index (χ1) is 11.5. The molecule has 0 bridgehead atoms. The van der Waals surface area contributed by atoms with Gasteiger partial charge in [0.15, 0.2) is 0 Å². The van der Waals surface area contributed by atoms with E-state index in [1.54, 1.807) is 31.2 Å². The molecule has 7 heteroatoms. The van der Waals surface area contributed by atoms with Gasteiger partial charge in [-0.1, -0.05) is 11.6 Å². The summed E-state index contributed by atoms with van der Waals surface area (Å²) in [5.74, 6) is 0.600. The van der Waals surface area contributed by atoms with Crippen LogP contribution in [0.15, 0.2) is 35.3 Å². The lowest BCUT2D eigenvalue weighted by Gasteiger charge is -2.15. The molecule has 0 aliphatic carbocycles. The fourth-order valence-corrected chi connectivity index (χ4v) is 2.63. The number of aryl methyl sites for hydroxylation is 1. The fraction of sp³-hybridized carbons (Fsp3) is 0.176. The highest BCUT2D eigenvalue weighted by Gasteiger charge is 2.13. The zero-order chi connectivity index (χ0) is 17.3. The molecule has 1 unspecified atom stereocenters. The molecule has 6 nitrogen and oxygen atoms in total. The molecule has 0 radical (unpaired) electrons. The number of anilines is 1. The van der Waals surface area contributed by atoms with Gasteiger partial charge in [0.1, 0.15) is 17.5 Å². The Morgan fingerprint density at radius 2 is 2.17 bits per heavy atom. The number of nitrogens with one attached hydrogen (secondary N) is 2. The molecule has 0 spiro atoms. The second-order valence-corrected chi connectivity index (χ2v) is 5.89. The summed E-state index contributed by atoms with van der Waals surface area (Å²) in [4.78, 5) is 23.5. The number of hydrogen-bond acceptors (Lipinski definition) is 5. The Morgan fingerprint density at radius 1 is 1.38 bits per heavy atom. The number of H-pyrrole nitrogens is 1. The summed E-state index contributed by atoms with van der Waals surface area (Å²) in [6.07, 6.45) is 1.49. The SMILES string of the molecule is Cc1nc(NC(C)c2cc3cc(Cl)cnc3[nH]c2=O)ccc1C#N. The Labute approximate surface area is 143 Å². The first-order valence-corrected chi connectivity index (χ1v) is 7.68. The van der Waals surface area contributed by atoms with E-state index in [1.165, 1.54) is 6.20 Å². The molecule has 0 amide bonds. The molecule has 2 N–H and O–H groups in total. The third-order valence-corrected chi connectivity index (χ3v) is 3.93. The van der Waals surface area contributed by atoms with Crippen LogP contribution in [0.5, 0.6) is 0 Å². The lowest BCUT2D eigenvalue weighted by Crippen LogP contribution is -2.20. The van der Waals surface area contributed by atoms with E-state index in [9.17, 15) is 4.79 Å². The van der Waals surface area contributed by atoms with Crippen LogP contribution in [0, 0.1) is 18.3 Å². The maximum absolute atomic E-state index is 12.3. The number of aromatic amines is 1. The first-order valence-electron chi connectivity index (χ1n) is 7.30. The minimum Gasteiger partial charge on any atom is -0.363 e. The van der Waals surface area contributed by atoms with Crippen molar-refractivity contribution in [2.75, 3.05) is 5.32 Å². The van der Waals surface area contributed by atoms with Crippen LogP contribution in [0.25, 0.3) is 11.0 Å². The predicted octanol–water partition coefficient (Wildman–Crippen LogP) is 3.32. The molecule has 0 fully saturated rings. The van der Waals surface area contributed by atoms with E-state index >= 15 is 0 Å². The molecule has 24 heavy (non-hydrogen) atoms. The van der Waals surface area contributed by atoms with Crippen LogP contribution < -0.4 is 10.9 Å². The summed E-state index contributed by atoms with van der Waals surface area (Å²) in [7, 11) is 0. The highest BCUT2D eigenvalue weighted by molar-refractivity contribution is 6.31. The molecule has 0 aliphatic heterocycles. The highest BCUT2D eigenvalue weighted by atomic mass is 35.5. The van der Waals surface area contributed by atoms with Crippen molar-refractivity contribution in [2.45, 2.75) is 19.9 Å². The molecule has 3 rings (SSSR count). The third-order valence-electron chi connectivity index (χ3n) is 3.73. The van der Waals surface area contributed by atoms with Crippen LogP contribution in [-0.4, -0.2) is 15.0 Å². The zero-order valence-electron chi connectivity index (χ0n) is 13.1. The van der Waals surface area contributed by atoms with Crippen LogP contribution in [0.4, 0.5) is 5.82 Å². The molecule has 0 aliphatic rings. The van der Waals surface area contributed by atoms with E-state index in [0.717, 1.165) is 5.39 Å². The van der Waals surface area contributed by atoms with Gasteiger partial charge in [0.05, 0.1) is 22.3 Å². The molecule has 120 valence electrons. The average Bonchev–Trinajstić information content (AvgIpc) is 2.54. The summed E-state index contributed by atoms with van der Waals surface area (Å²) >= 11 is 5.96. The molecule has 3 aromatic heterocycles. The largest absolute Gasteiger partial charge is 0.363 e. The van der Waals surface area contributed by atoms with Crippen molar-refractivity contribution in [1.82, 2.24) is 15.0 Å². The molecule has 0 saturated heterocycles. The summed E-state index contributed by atoms with van der Waals surface area (Å²) < 4.78 is 0. The second kappa shape index (κ2) is 6.30. The van der Waals surface area contributed by atoms with Gasteiger partial charge in [-0.3, -0.25) is 4.79 Å². The van der Waals surface area contributed by atoms with Gasteiger partial charge in [-0.05, 0) is 38.1 Å². The standard InChI is InChI=1S/C17H14ClN5O/c1-9-11(7-19)3-4-15(21-9)22-10(2)14-6-12-5-13(18)8-20-16(12)23-17(14)24/h3-6,8,10H,1-2H3,(H,21,22)(H,20,23,24). The lowest BCUT2D eigenvalue weighted by atomic mass is 10.1. The van der Waals surface area contributed by atoms with Crippen LogP contribution in [0.1, 0.15) is 29.8 Å². The van der Waals surface area contributed by atoms with E-state index in [1.807, 2.05) is 6.92 Å². The maximum Gasteiger partial charge on any atom is 0.254 e. The summed E-state index contributed by atoms with van der Waals surface area (Å²) in [6, 6.07) is 8.73. The van der Waals surface area contributed by atoms with E-state index in [0.29, 0.717) is 33.3 Å². The molecule has 3 heterocycles. The van der Waals surface area contributed by atoms with Gasteiger partial charge in [-0.15, -0.1) is 0 Å². The summed E-state index contributed by atoms with van der Waals surface area (Å²) in [5.41, 5.74) is 1.99. The van der Waals surface area contributed by atoms with Crippen molar-refractivity contribution in [3.63, 3.8) is 0 Å².